The number of hydrogen-bond donors (Lipinski definition) is 1. The maximum atomic E-state index is 5.14. The zero-order valence-corrected chi connectivity index (χ0v) is 7.33. The fourth-order valence-corrected chi connectivity index (χ4v) is 1.13. The molecular weight excluding hydrogens is 154 g/mol. The van der Waals surface area contributed by atoms with Crippen LogP contribution in [0.15, 0.2) is 18.2 Å². The van der Waals surface area contributed by atoms with Crippen LogP contribution in [0.1, 0.15) is 11.1 Å². The van der Waals surface area contributed by atoms with Crippen molar-refractivity contribution in [1.82, 2.24) is 0 Å². The lowest BCUT2D eigenvalue weighted by Crippen LogP contribution is -2.02. The van der Waals surface area contributed by atoms with Gasteiger partial charge < -0.3 is 4.74 Å². The number of methoxy groups -OCH3 is 1. The molecule has 0 radical (unpaired) electrons. The van der Waals surface area contributed by atoms with Gasteiger partial charge in [0.25, 0.3) is 0 Å². The molecular formula is C9H13NO2. The average molecular weight is 167 g/mol. The van der Waals surface area contributed by atoms with Gasteiger partial charge in [0.15, 0.2) is 0 Å². The highest BCUT2D eigenvalue weighted by atomic mass is 16.6. The molecule has 0 saturated heterocycles. The van der Waals surface area contributed by atoms with Crippen LogP contribution in [0.3, 0.4) is 0 Å². The highest BCUT2D eigenvalue weighted by molar-refractivity contribution is 5.38. The monoisotopic (exact) mass is 167 g/mol. The Labute approximate surface area is 72.0 Å². The molecule has 0 bridgehead atoms. The Morgan fingerprint density at radius 3 is 2.75 bits per heavy atom. The second kappa shape index (κ2) is 4.09. The topological polar surface area (TPSA) is 44.5 Å². The lowest BCUT2D eigenvalue weighted by molar-refractivity contribution is 0.121. The number of ether oxygens (including phenoxy) is 1. The van der Waals surface area contributed by atoms with E-state index in [0.717, 1.165) is 16.9 Å². The number of benzene rings is 1. The molecule has 2 N–H and O–H groups in total. The minimum Gasteiger partial charge on any atom is -0.496 e. The molecule has 0 aliphatic rings. The second-order valence-electron chi connectivity index (χ2n) is 2.57. The maximum absolute atomic E-state index is 5.14. The van der Waals surface area contributed by atoms with Crippen LogP contribution in [0.25, 0.3) is 0 Å². The summed E-state index contributed by atoms with van der Waals surface area (Å²) in [5.41, 5.74) is 2.13. The van der Waals surface area contributed by atoms with Gasteiger partial charge in [0.2, 0.25) is 0 Å². The standard InChI is InChI=1S/C9H13NO2/c1-7-4-3-5-9(11-2)8(7)6-12-10/h3-5H,6,10H2,1-2H3. The summed E-state index contributed by atoms with van der Waals surface area (Å²) in [6, 6.07) is 5.83. The molecule has 0 saturated carbocycles. The van der Waals surface area contributed by atoms with Crippen molar-refractivity contribution in [2.45, 2.75) is 13.5 Å². The van der Waals surface area contributed by atoms with Crippen molar-refractivity contribution in [3.8, 4) is 5.75 Å². The average Bonchev–Trinajstić information content (AvgIpc) is 2.09. The van der Waals surface area contributed by atoms with Crippen molar-refractivity contribution in [3.05, 3.63) is 29.3 Å². The quantitative estimate of drug-likeness (QED) is 0.692. The molecule has 12 heavy (non-hydrogen) atoms. The van der Waals surface area contributed by atoms with Gasteiger partial charge >= 0.3 is 0 Å². The van der Waals surface area contributed by atoms with Crippen LogP contribution in [0.5, 0.6) is 5.75 Å². The van der Waals surface area contributed by atoms with Gasteiger partial charge in [-0.05, 0) is 18.6 Å². The number of nitrogens with two attached hydrogens (primary N) is 1. The fraction of sp³-hybridized carbons (Fsp3) is 0.333. The summed E-state index contributed by atoms with van der Waals surface area (Å²) in [5, 5.41) is 0. The zero-order chi connectivity index (χ0) is 8.97. The van der Waals surface area contributed by atoms with E-state index in [9.17, 15) is 0 Å². The number of hydrogen-bond acceptors (Lipinski definition) is 3. The Morgan fingerprint density at radius 2 is 2.17 bits per heavy atom. The molecule has 0 spiro atoms. The van der Waals surface area contributed by atoms with Crippen molar-refractivity contribution in [3.63, 3.8) is 0 Å². The molecule has 1 rings (SSSR count). The van der Waals surface area contributed by atoms with Crippen molar-refractivity contribution >= 4 is 0 Å². The Hall–Kier alpha value is -1.06. The maximum Gasteiger partial charge on any atom is 0.124 e. The number of aryl methyl sites for hydroxylation is 1. The SMILES string of the molecule is COc1cccc(C)c1CON. The summed E-state index contributed by atoms with van der Waals surface area (Å²) in [7, 11) is 1.63. The minimum atomic E-state index is 0.385. The Balaban J connectivity index is 3.02. The van der Waals surface area contributed by atoms with E-state index in [2.05, 4.69) is 4.84 Å². The Morgan fingerprint density at radius 1 is 1.42 bits per heavy atom. The van der Waals surface area contributed by atoms with Crippen LogP contribution < -0.4 is 10.6 Å². The first-order chi connectivity index (χ1) is 5.79. The molecule has 0 heterocycles. The van der Waals surface area contributed by atoms with Gasteiger partial charge in [-0.3, -0.25) is 4.84 Å². The van der Waals surface area contributed by atoms with E-state index in [4.69, 9.17) is 10.6 Å². The van der Waals surface area contributed by atoms with E-state index in [-0.39, 0.29) is 0 Å². The highest BCUT2D eigenvalue weighted by Crippen LogP contribution is 2.21. The molecule has 0 unspecified atom stereocenters. The lowest BCUT2D eigenvalue weighted by atomic mass is 10.1. The first-order valence-corrected chi connectivity index (χ1v) is 3.73. The predicted octanol–water partition coefficient (Wildman–Crippen LogP) is 1.39. The zero-order valence-electron chi connectivity index (χ0n) is 7.33. The van der Waals surface area contributed by atoms with Gasteiger partial charge in [-0.25, -0.2) is 5.90 Å². The third-order valence-corrected chi connectivity index (χ3v) is 1.81. The first-order valence-electron chi connectivity index (χ1n) is 3.73. The van der Waals surface area contributed by atoms with E-state index < -0.39 is 0 Å². The van der Waals surface area contributed by atoms with Gasteiger partial charge in [-0.1, -0.05) is 12.1 Å². The summed E-state index contributed by atoms with van der Waals surface area (Å²) < 4.78 is 5.14. The first kappa shape index (κ1) is 9.03. The summed E-state index contributed by atoms with van der Waals surface area (Å²) >= 11 is 0. The summed E-state index contributed by atoms with van der Waals surface area (Å²) in [6.45, 7) is 2.38. The van der Waals surface area contributed by atoms with Crippen molar-refractivity contribution in [2.75, 3.05) is 7.11 Å². The van der Waals surface area contributed by atoms with Crippen LogP contribution in [-0.4, -0.2) is 7.11 Å². The normalized spacial score (nSPS) is 9.92. The van der Waals surface area contributed by atoms with E-state index in [1.807, 2.05) is 25.1 Å². The molecule has 1 aromatic rings. The van der Waals surface area contributed by atoms with Gasteiger partial charge in [-0.15, -0.1) is 0 Å². The molecule has 66 valence electrons. The highest BCUT2D eigenvalue weighted by Gasteiger charge is 2.04. The van der Waals surface area contributed by atoms with Crippen LogP contribution in [0, 0.1) is 6.92 Å². The predicted molar refractivity (Wildman–Crippen MR) is 46.7 cm³/mol. The molecule has 3 nitrogen and oxygen atoms in total. The number of rotatable bonds is 3. The third kappa shape index (κ3) is 1.75. The molecule has 3 heteroatoms. The van der Waals surface area contributed by atoms with Gasteiger partial charge in [0.05, 0.1) is 13.7 Å². The van der Waals surface area contributed by atoms with E-state index in [0.29, 0.717) is 6.61 Å². The fourth-order valence-electron chi connectivity index (χ4n) is 1.13. The largest absolute Gasteiger partial charge is 0.496 e. The Kier molecular flexibility index (Phi) is 3.08. The van der Waals surface area contributed by atoms with Gasteiger partial charge in [0.1, 0.15) is 5.75 Å². The molecule has 0 aliphatic carbocycles. The Bertz CT molecular complexity index is 261. The molecule has 0 aliphatic heterocycles. The van der Waals surface area contributed by atoms with Crippen molar-refractivity contribution < 1.29 is 9.57 Å². The molecule has 1 aromatic carbocycles. The van der Waals surface area contributed by atoms with E-state index in [1.54, 1.807) is 7.11 Å². The summed E-state index contributed by atoms with van der Waals surface area (Å²) in [5.74, 6) is 5.82. The van der Waals surface area contributed by atoms with Crippen LogP contribution in [-0.2, 0) is 11.4 Å². The molecule has 0 aromatic heterocycles. The molecule has 0 atom stereocenters. The van der Waals surface area contributed by atoms with Gasteiger partial charge in [-0.2, -0.15) is 0 Å². The van der Waals surface area contributed by atoms with Crippen LogP contribution >= 0.6 is 0 Å². The third-order valence-electron chi connectivity index (χ3n) is 1.81. The second-order valence-corrected chi connectivity index (χ2v) is 2.57. The smallest absolute Gasteiger partial charge is 0.124 e. The van der Waals surface area contributed by atoms with Crippen molar-refractivity contribution in [2.24, 2.45) is 5.90 Å². The van der Waals surface area contributed by atoms with E-state index in [1.165, 1.54) is 0 Å². The van der Waals surface area contributed by atoms with E-state index >= 15 is 0 Å². The molecule has 0 fully saturated rings. The summed E-state index contributed by atoms with van der Waals surface area (Å²) in [4.78, 5) is 4.57. The summed E-state index contributed by atoms with van der Waals surface area (Å²) in [6.07, 6.45) is 0. The van der Waals surface area contributed by atoms with Crippen molar-refractivity contribution in [1.29, 1.82) is 0 Å². The minimum absolute atomic E-state index is 0.385. The molecule has 0 amide bonds. The van der Waals surface area contributed by atoms with Crippen LogP contribution in [0.2, 0.25) is 0 Å². The van der Waals surface area contributed by atoms with Gasteiger partial charge in [0, 0.05) is 5.56 Å². The van der Waals surface area contributed by atoms with Crippen LogP contribution in [0.4, 0.5) is 0 Å². The lowest BCUT2D eigenvalue weighted by Gasteiger charge is -2.09.